The summed E-state index contributed by atoms with van der Waals surface area (Å²) in [5.74, 6) is 0. The van der Waals surface area contributed by atoms with Gasteiger partial charge in [0.1, 0.15) is 0 Å². The fourth-order valence-electron chi connectivity index (χ4n) is 3.17. The first-order chi connectivity index (χ1) is 28.2. The molecule has 1 N–H and O–H groups in total. The first-order valence-corrected chi connectivity index (χ1v) is 24.6. The maximum absolute atomic E-state index is 11.5. The zero-order chi connectivity index (χ0) is 52.5. The summed E-state index contributed by atoms with van der Waals surface area (Å²) in [6.07, 6.45) is 0. The molecule has 0 aromatic rings. The van der Waals surface area contributed by atoms with Crippen molar-refractivity contribution in [2.45, 2.75) is 22.0 Å². The van der Waals surface area contributed by atoms with Gasteiger partial charge in [-0.1, -0.05) is 4.13 Å². The molecular formula is C28H61ClCu7F12LiN10O8S4. The average Bonchev–Trinajstić information content (AvgIpc) is 3.06. The van der Waals surface area contributed by atoms with Gasteiger partial charge in [-0.05, 0) is 84.6 Å². The van der Waals surface area contributed by atoms with Gasteiger partial charge in [-0.25, -0.2) is 33.7 Å². The first-order valence-electron chi connectivity index (χ1n) is 17.5. The van der Waals surface area contributed by atoms with E-state index < -0.39 is 66.3 Å². The summed E-state index contributed by atoms with van der Waals surface area (Å²) in [6, 6.07) is 0. The smallest absolute Gasteiger partial charge is 0 e. The van der Waals surface area contributed by atoms with E-state index in [4.69, 9.17) is 0 Å². The van der Waals surface area contributed by atoms with Crippen LogP contribution < -0.4 is 23.0 Å². The molecule has 0 aromatic heterocycles. The second kappa shape index (κ2) is 47.9. The molecule has 0 saturated heterocycles. The zero-order valence-electron chi connectivity index (χ0n) is 39.9. The zero-order valence-corrected chi connectivity index (χ0v) is 50.5. The molecule has 0 aromatic carbocycles. The van der Waals surface area contributed by atoms with Crippen molar-refractivity contribution in [1.82, 2.24) is 43.3 Å². The van der Waals surface area contributed by atoms with Crippen LogP contribution in [0.15, 0.2) is 0 Å². The number of rotatable bonds is 22. The van der Waals surface area contributed by atoms with Crippen LogP contribution in [0.1, 0.15) is 0 Å². The molecule has 0 heterocycles. The van der Waals surface area contributed by atoms with Crippen LogP contribution in [-0.4, -0.2) is 258 Å². The summed E-state index contributed by atoms with van der Waals surface area (Å²) in [6.45, 7) is 13.8. The Labute approximate surface area is 500 Å². The van der Waals surface area contributed by atoms with Crippen LogP contribution in [0.4, 0.5) is 52.7 Å². The molecule has 0 rings (SSSR count). The van der Waals surface area contributed by atoms with Gasteiger partial charge in [0.2, 0.25) is 0 Å². The molecule has 43 heteroatoms. The van der Waals surface area contributed by atoms with Crippen molar-refractivity contribution in [3.63, 3.8) is 0 Å². The maximum Gasteiger partial charge on any atom is 1.00 e. The Kier molecular flexibility index (Phi) is 69.2. The molecule has 0 aliphatic carbocycles. The van der Waals surface area contributed by atoms with Crippen LogP contribution in [-0.2, 0) is 158 Å². The average molecular weight is 1510 g/mol. The van der Waals surface area contributed by atoms with Gasteiger partial charge in [0, 0.05) is 181 Å². The van der Waals surface area contributed by atoms with Crippen LogP contribution in [0.3, 0.4) is 0 Å². The fourth-order valence-corrected chi connectivity index (χ4v) is 6.79. The number of hydrogen-bond acceptors (Lipinski definition) is 16. The number of likely N-dealkylation sites (N-methyl/N-ethyl adjacent to an activating group) is 6. The van der Waals surface area contributed by atoms with Gasteiger partial charge in [0.15, 0.2) is 20.0 Å². The van der Waals surface area contributed by atoms with E-state index in [2.05, 4.69) is 149 Å². The molecular weight excluding hydrogens is 1450 g/mol. The molecule has 0 spiro atoms. The SMILES string of the molecule is CN(C)CCN(CCN(C)C)CCN(C)C.CN(C)CCN(CCN(C)C)CCN(C)C.O=S(=O)(NS(=O)(=O)C(F)(F)F)C(F)(F)F.O=S(=O)([N-]S(=O)(=O)C(F)(F)F)C(F)(F)F.[Cl][Cu].[Cu].[Cu].[Cu].[Cu].[Cu].[Cu].[Li+]. The van der Waals surface area contributed by atoms with Crippen LogP contribution >= 0.6 is 10.1 Å². The second-order valence-electron chi connectivity index (χ2n) is 14.4. The normalized spacial score (nSPS) is 12.2. The summed E-state index contributed by atoms with van der Waals surface area (Å²) in [5.41, 5.74) is -24.7. The standard InChI is InChI=1S/2C12H30N4.C2HF6NO4S2.C2F6NO4S2.ClH.7Cu.Li/c2*1-13(2)7-10-16(11-8-14(3)4)12-9-15(5)6;2*3-1(4,5)14(10,11)9-15(12,13)2(6,7)8;;;;;;;;;/h2*7-12H2,1-6H3;9H;;1H;;;;;;;;/q;;;-1;;;;;;;;2*+1/p-1. The topological polar surface area (TPSA) is 189 Å². The predicted octanol–water partition coefficient (Wildman–Crippen LogP) is -1.04. The Morgan fingerprint density at radius 1 is 0.352 bits per heavy atom. The molecule has 6 radical (unpaired) electrons. The van der Waals surface area contributed by atoms with E-state index in [1.54, 1.807) is 0 Å². The molecule has 0 atom stereocenters. The third kappa shape index (κ3) is 56.2. The van der Waals surface area contributed by atoms with Gasteiger partial charge in [-0.3, -0.25) is 9.80 Å². The van der Waals surface area contributed by atoms with Crippen molar-refractivity contribution in [2.75, 3.05) is 163 Å². The summed E-state index contributed by atoms with van der Waals surface area (Å²) in [5, 5.41) is 0. The van der Waals surface area contributed by atoms with Crippen LogP contribution in [0.5, 0.6) is 0 Å². The molecule has 0 aliphatic heterocycles. The Balaban J connectivity index is -0.0000000625. The van der Waals surface area contributed by atoms with Crippen molar-refractivity contribution in [3.8, 4) is 0 Å². The minimum Gasteiger partial charge on any atom is 0 e. The van der Waals surface area contributed by atoms with Crippen molar-refractivity contribution in [2.24, 2.45) is 0 Å². The van der Waals surface area contributed by atoms with Gasteiger partial charge < -0.3 is 33.5 Å². The van der Waals surface area contributed by atoms with Crippen molar-refractivity contribution >= 4 is 50.2 Å². The number of nitrogens with zero attached hydrogens (tertiary/aromatic N) is 9. The summed E-state index contributed by atoms with van der Waals surface area (Å²) in [4.78, 5) is 18.6. The maximum atomic E-state index is 11.5. The quantitative estimate of drug-likeness (QED) is 0.102. The fraction of sp³-hybridized carbons (Fsp3) is 1.00. The molecule has 0 unspecified atom stereocenters. The third-order valence-electron chi connectivity index (χ3n) is 6.79. The minimum absolute atomic E-state index is 0. The van der Waals surface area contributed by atoms with Crippen LogP contribution in [0.25, 0.3) is 4.13 Å². The van der Waals surface area contributed by atoms with E-state index in [0.29, 0.717) is 0 Å². The van der Waals surface area contributed by atoms with Gasteiger partial charge in [0.25, 0.3) is 0 Å². The second-order valence-corrected chi connectivity index (χ2v) is 21.4. The number of hydrogen-bond donors (Lipinski definition) is 1. The Morgan fingerprint density at radius 3 is 0.592 bits per heavy atom. The number of nitrogens with one attached hydrogen (secondary N) is 1. The summed E-state index contributed by atoms with van der Waals surface area (Å²) >= 11 is 3.66. The van der Waals surface area contributed by atoms with Crippen LogP contribution in [0, 0.1) is 0 Å². The number of alkyl halides is 12. The third-order valence-corrected chi connectivity index (χ3v) is 12.5. The van der Waals surface area contributed by atoms with E-state index >= 15 is 0 Å². The largest absolute Gasteiger partial charge is 1.00 e. The van der Waals surface area contributed by atoms with Gasteiger partial charge in [-0.15, -0.1) is 0 Å². The Hall–Kier alpha value is 3.08. The van der Waals surface area contributed by atoms with E-state index in [-0.39, 0.29) is 121 Å². The Bertz CT molecular complexity index is 1450. The molecule has 71 heavy (non-hydrogen) atoms. The van der Waals surface area contributed by atoms with E-state index in [1.807, 2.05) is 0 Å². The van der Waals surface area contributed by atoms with Crippen molar-refractivity contribution < 1.29 is 223 Å². The Morgan fingerprint density at radius 2 is 0.493 bits per heavy atom. The summed E-state index contributed by atoms with van der Waals surface area (Å²) < 4.78 is 218. The molecule has 0 amide bonds. The number of sulfonamides is 4. The molecule has 464 valence electrons. The first kappa shape index (κ1) is 103. The van der Waals surface area contributed by atoms with E-state index in [9.17, 15) is 86.4 Å². The van der Waals surface area contributed by atoms with E-state index in [0.717, 1.165) is 82.7 Å². The summed E-state index contributed by atoms with van der Waals surface area (Å²) in [7, 11) is 3.19. The van der Waals surface area contributed by atoms with E-state index in [1.165, 1.54) is 0 Å². The molecule has 0 bridgehead atoms. The molecule has 0 fully saturated rings. The predicted molar refractivity (Wildman–Crippen MR) is 216 cm³/mol. The van der Waals surface area contributed by atoms with Crippen molar-refractivity contribution in [1.29, 1.82) is 0 Å². The van der Waals surface area contributed by atoms with Gasteiger partial charge >= 0.3 is 86.1 Å². The van der Waals surface area contributed by atoms with Gasteiger partial charge in [0.05, 0.1) is 0 Å². The van der Waals surface area contributed by atoms with Crippen molar-refractivity contribution in [3.05, 3.63) is 4.13 Å². The number of halogens is 13. The molecule has 18 nitrogen and oxygen atoms in total. The van der Waals surface area contributed by atoms with Gasteiger partial charge in [-0.2, -0.15) is 52.7 Å². The molecule has 0 saturated carbocycles. The minimum atomic E-state index is -6.72. The van der Waals surface area contributed by atoms with Crippen LogP contribution in [0.2, 0.25) is 0 Å². The molecule has 0 aliphatic rings. The monoisotopic (exact) mass is 1500 g/mol.